The van der Waals surface area contributed by atoms with Crippen molar-refractivity contribution in [2.45, 2.75) is 13.3 Å². The number of hydrogen-bond acceptors (Lipinski definition) is 1. The fourth-order valence-corrected chi connectivity index (χ4v) is 1.74. The summed E-state index contributed by atoms with van der Waals surface area (Å²) in [7, 11) is 0. The Morgan fingerprint density at radius 2 is 1.79 bits per heavy atom. The van der Waals surface area contributed by atoms with E-state index in [0.29, 0.717) is 33.0 Å². The Hall–Kier alpha value is -0.370. The summed E-state index contributed by atoms with van der Waals surface area (Å²) in [5.41, 5.74) is 0. The molecule has 1 aromatic rings. The molecule has 0 saturated heterocycles. The van der Waals surface area contributed by atoms with Crippen LogP contribution in [0.3, 0.4) is 0 Å². The first kappa shape index (κ1) is 11.7. The molecule has 0 bridgehead atoms. The molecule has 0 aromatic heterocycles. The summed E-state index contributed by atoms with van der Waals surface area (Å²) in [6.07, 6.45) is 0.704. The third-order valence-electron chi connectivity index (χ3n) is 1.60. The van der Waals surface area contributed by atoms with Crippen LogP contribution in [-0.4, -0.2) is 0 Å². The lowest BCUT2D eigenvalue weighted by molar-refractivity contribution is 0.412. The summed E-state index contributed by atoms with van der Waals surface area (Å²) in [5.74, 6) is 1.01. The average Bonchev–Trinajstić information content (AvgIpc) is 2.10. The summed E-state index contributed by atoms with van der Waals surface area (Å²) in [4.78, 5) is 0. The summed E-state index contributed by atoms with van der Waals surface area (Å²) in [6.45, 7) is 5.63. The second-order valence-corrected chi connectivity index (χ2v) is 3.94. The van der Waals surface area contributed by atoms with E-state index < -0.39 is 0 Å². The van der Waals surface area contributed by atoms with Crippen molar-refractivity contribution in [3.63, 3.8) is 0 Å². The summed E-state index contributed by atoms with van der Waals surface area (Å²) in [5, 5.41) is 1.25. The van der Waals surface area contributed by atoms with Gasteiger partial charge in [0.1, 0.15) is 0 Å². The van der Waals surface area contributed by atoms with Gasteiger partial charge in [-0.25, -0.2) is 0 Å². The van der Waals surface area contributed by atoms with E-state index in [1.54, 1.807) is 12.1 Å². The van der Waals surface area contributed by atoms with Crippen LogP contribution in [0.2, 0.25) is 15.1 Å². The molecule has 0 aliphatic heterocycles. The predicted molar refractivity (Wildman–Crippen MR) is 61.5 cm³/mol. The van der Waals surface area contributed by atoms with Gasteiger partial charge in [0.2, 0.25) is 0 Å². The molecule has 4 heteroatoms. The number of ether oxygens (including phenoxy) is 1. The van der Waals surface area contributed by atoms with Gasteiger partial charge in [0.05, 0.1) is 15.8 Å². The van der Waals surface area contributed by atoms with Crippen LogP contribution in [0, 0.1) is 0 Å². The fraction of sp³-hybridized carbons (Fsp3) is 0.200. The second-order valence-electron chi connectivity index (χ2n) is 2.69. The van der Waals surface area contributed by atoms with Gasteiger partial charge in [-0.15, -0.1) is 0 Å². The average molecular weight is 252 g/mol. The van der Waals surface area contributed by atoms with Gasteiger partial charge >= 0.3 is 0 Å². The molecule has 1 nitrogen and oxygen atoms in total. The van der Waals surface area contributed by atoms with Gasteiger partial charge in [-0.2, -0.15) is 0 Å². The maximum Gasteiger partial charge on any atom is 0.164 e. The number of rotatable bonds is 3. The normalized spacial score (nSPS) is 10.0. The molecule has 1 rings (SSSR count). The molecule has 0 atom stereocenters. The highest BCUT2D eigenvalue weighted by Gasteiger charge is 2.09. The quantitative estimate of drug-likeness (QED) is 0.691. The van der Waals surface area contributed by atoms with Crippen molar-refractivity contribution in [1.29, 1.82) is 0 Å². The highest BCUT2D eigenvalue weighted by molar-refractivity contribution is 6.40. The van der Waals surface area contributed by atoms with E-state index in [1.165, 1.54) is 0 Å². The molecular formula is C10H9Cl3O. The Kier molecular flexibility index (Phi) is 4.11. The minimum atomic E-state index is 0.386. The standard InChI is InChI=1S/C10H9Cl3O/c1-3-6(2)14-10-8(12)4-7(11)5-9(10)13/h4-5H,2-3H2,1H3. The molecule has 76 valence electrons. The molecule has 0 spiro atoms. The first-order valence-electron chi connectivity index (χ1n) is 4.04. The Bertz CT molecular complexity index is 337. The molecule has 0 fully saturated rings. The molecule has 0 saturated carbocycles. The van der Waals surface area contributed by atoms with Gasteiger partial charge in [0, 0.05) is 11.4 Å². The van der Waals surface area contributed by atoms with Crippen molar-refractivity contribution < 1.29 is 4.74 Å². The van der Waals surface area contributed by atoms with Gasteiger partial charge in [0.25, 0.3) is 0 Å². The third kappa shape index (κ3) is 2.81. The molecular weight excluding hydrogens is 242 g/mol. The van der Waals surface area contributed by atoms with Gasteiger partial charge < -0.3 is 4.74 Å². The molecule has 0 aliphatic carbocycles. The first-order valence-corrected chi connectivity index (χ1v) is 5.18. The Balaban J connectivity index is 3.02. The van der Waals surface area contributed by atoms with E-state index >= 15 is 0 Å². The maximum atomic E-state index is 5.90. The van der Waals surface area contributed by atoms with Crippen molar-refractivity contribution in [3.8, 4) is 5.75 Å². The van der Waals surface area contributed by atoms with Gasteiger partial charge in [-0.3, -0.25) is 0 Å². The van der Waals surface area contributed by atoms with Crippen LogP contribution in [0.1, 0.15) is 13.3 Å². The zero-order chi connectivity index (χ0) is 10.7. The van der Waals surface area contributed by atoms with Crippen LogP contribution >= 0.6 is 34.8 Å². The number of halogens is 3. The van der Waals surface area contributed by atoms with Crippen molar-refractivity contribution >= 4 is 34.8 Å². The van der Waals surface area contributed by atoms with E-state index in [1.807, 2.05) is 6.92 Å². The zero-order valence-electron chi connectivity index (χ0n) is 7.61. The largest absolute Gasteiger partial charge is 0.459 e. The Morgan fingerprint density at radius 3 is 2.21 bits per heavy atom. The molecule has 0 heterocycles. The van der Waals surface area contributed by atoms with Crippen LogP contribution in [0.5, 0.6) is 5.75 Å². The number of benzene rings is 1. The van der Waals surface area contributed by atoms with Crippen molar-refractivity contribution in [1.82, 2.24) is 0 Å². The molecule has 1 aromatic carbocycles. The number of allylic oxidation sites excluding steroid dienone is 1. The van der Waals surface area contributed by atoms with Crippen molar-refractivity contribution in [2.24, 2.45) is 0 Å². The van der Waals surface area contributed by atoms with E-state index in [4.69, 9.17) is 39.5 Å². The summed E-state index contributed by atoms with van der Waals surface area (Å²) < 4.78 is 5.36. The zero-order valence-corrected chi connectivity index (χ0v) is 9.88. The molecule has 0 amide bonds. The maximum absolute atomic E-state index is 5.90. The van der Waals surface area contributed by atoms with E-state index in [2.05, 4.69) is 6.58 Å². The molecule has 0 unspecified atom stereocenters. The number of hydrogen-bond donors (Lipinski definition) is 0. The van der Waals surface area contributed by atoms with Gasteiger partial charge in [0.15, 0.2) is 5.75 Å². The van der Waals surface area contributed by atoms with E-state index in [9.17, 15) is 0 Å². The SMILES string of the molecule is C=C(CC)Oc1c(Cl)cc(Cl)cc1Cl. The Morgan fingerprint density at radius 1 is 1.29 bits per heavy atom. The topological polar surface area (TPSA) is 9.23 Å². The minimum Gasteiger partial charge on any atom is -0.459 e. The lowest BCUT2D eigenvalue weighted by Gasteiger charge is -2.10. The third-order valence-corrected chi connectivity index (χ3v) is 2.38. The molecule has 0 radical (unpaired) electrons. The van der Waals surface area contributed by atoms with E-state index in [0.717, 1.165) is 0 Å². The van der Waals surface area contributed by atoms with Crippen molar-refractivity contribution in [3.05, 3.63) is 39.5 Å². The lowest BCUT2D eigenvalue weighted by atomic mass is 10.3. The highest BCUT2D eigenvalue weighted by Crippen LogP contribution is 2.36. The summed E-state index contributed by atoms with van der Waals surface area (Å²) >= 11 is 17.5. The molecule has 0 N–H and O–H groups in total. The van der Waals surface area contributed by atoms with Crippen LogP contribution in [0.4, 0.5) is 0 Å². The smallest absolute Gasteiger partial charge is 0.164 e. The Labute approximate surface area is 98.2 Å². The van der Waals surface area contributed by atoms with Crippen molar-refractivity contribution in [2.75, 3.05) is 0 Å². The molecule has 0 aliphatic rings. The molecule has 14 heavy (non-hydrogen) atoms. The van der Waals surface area contributed by atoms with Crippen LogP contribution in [-0.2, 0) is 0 Å². The highest BCUT2D eigenvalue weighted by atomic mass is 35.5. The monoisotopic (exact) mass is 250 g/mol. The predicted octanol–water partition coefficient (Wildman–Crippen LogP) is 4.95. The van der Waals surface area contributed by atoms with Crippen LogP contribution in [0.25, 0.3) is 0 Å². The van der Waals surface area contributed by atoms with E-state index in [-0.39, 0.29) is 0 Å². The summed E-state index contributed by atoms with van der Waals surface area (Å²) in [6, 6.07) is 3.15. The first-order chi connectivity index (χ1) is 6.54. The second kappa shape index (κ2) is 4.92. The fourth-order valence-electron chi connectivity index (χ4n) is 0.843. The van der Waals surface area contributed by atoms with Crippen LogP contribution < -0.4 is 4.74 Å². The van der Waals surface area contributed by atoms with Gasteiger partial charge in [-0.1, -0.05) is 48.3 Å². The lowest BCUT2D eigenvalue weighted by Crippen LogP contribution is -1.93. The van der Waals surface area contributed by atoms with Gasteiger partial charge in [-0.05, 0) is 12.1 Å². The van der Waals surface area contributed by atoms with Crippen LogP contribution in [0.15, 0.2) is 24.5 Å². The minimum absolute atomic E-state index is 0.386.